The van der Waals surface area contributed by atoms with Crippen molar-refractivity contribution >= 4 is 17.4 Å². The number of rotatable bonds is 9. The molecule has 1 heterocycles. The maximum absolute atomic E-state index is 13.5. The molecule has 7 nitrogen and oxygen atoms in total. The average molecular weight is 440 g/mol. The van der Waals surface area contributed by atoms with Gasteiger partial charge in [0.05, 0.1) is 26.9 Å². The first-order chi connectivity index (χ1) is 15.1. The van der Waals surface area contributed by atoms with Crippen LogP contribution in [0.4, 0.5) is 0 Å². The first-order valence-corrected chi connectivity index (χ1v) is 10.9. The van der Waals surface area contributed by atoms with E-state index in [1.54, 1.807) is 37.3 Å². The monoisotopic (exact) mass is 439 g/mol. The molecule has 0 bridgehead atoms. The minimum Gasteiger partial charge on any atom is -0.493 e. The molecule has 8 heteroatoms. The van der Waals surface area contributed by atoms with Gasteiger partial charge < -0.3 is 19.5 Å². The highest BCUT2D eigenvalue weighted by Crippen LogP contribution is 2.34. The molecule has 1 fully saturated rings. The van der Waals surface area contributed by atoms with Crippen LogP contribution in [0.3, 0.4) is 0 Å². The number of benzene rings is 2. The van der Waals surface area contributed by atoms with Crippen LogP contribution in [-0.2, 0) is 0 Å². The highest BCUT2D eigenvalue weighted by atomic mass is 32.1. The van der Waals surface area contributed by atoms with E-state index in [1.807, 2.05) is 30.3 Å². The fourth-order valence-corrected chi connectivity index (χ4v) is 4.14. The summed E-state index contributed by atoms with van der Waals surface area (Å²) in [6, 6.07) is 14.9. The zero-order valence-electron chi connectivity index (χ0n) is 17.5. The van der Waals surface area contributed by atoms with Gasteiger partial charge in [0.15, 0.2) is 11.5 Å². The van der Waals surface area contributed by atoms with Crippen molar-refractivity contribution in [2.24, 2.45) is 5.92 Å². The largest absolute Gasteiger partial charge is 0.493 e. The molecule has 2 aromatic carbocycles. The Bertz CT molecular complexity index is 1040. The summed E-state index contributed by atoms with van der Waals surface area (Å²) < 4.78 is 14.6. The molecule has 3 aromatic rings. The topological polar surface area (TPSA) is 84.8 Å². The van der Waals surface area contributed by atoms with Crippen molar-refractivity contribution < 1.29 is 19.4 Å². The van der Waals surface area contributed by atoms with Gasteiger partial charge in [0.1, 0.15) is 10.6 Å². The second-order valence-electron chi connectivity index (χ2n) is 7.60. The smallest absolute Gasteiger partial charge is 0.268 e. The van der Waals surface area contributed by atoms with Gasteiger partial charge in [-0.05, 0) is 48.0 Å². The minimum absolute atomic E-state index is 0.153. The zero-order chi connectivity index (χ0) is 21.8. The Morgan fingerprint density at radius 2 is 1.90 bits per heavy atom. The van der Waals surface area contributed by atoms with Crippen LogP contribution in [0.1, 0.15) is 34.2 Å². The van der Waals surface area contributed by atoms with E-state index in [2.05, 4.69) is 9.59 Å². The highest BCUT2D eigenvalue weighted by Gasteiger charge is 2.31. The summed E-state index contributed by atoms with van der Waals surface area (Å²) in [5.74, 6) is 1.45. The molecule has 0 saturated heterocycles. The summed E-state index contributed by atoms with van der Waals surface area (Å²) in [6.45, 7) is 0.784. The number of amides is 1. The van der Waals surface area contributed by atoms with Gasteiger partial charge in [-0.15, -0.1) is 5.10 Å². The first-order valence-electron chi connectivity index (χ1n) is 10.2. The van der Waals surface area contributed by atoms with Crippen LogP contribution < -0.4 is 9.47 Å². The SMILES string of the molecule is COc1ccc(C(O)CN(CC2CC2)C(=O)c2snnc2-c2ccccc2)cc1OC. The fraction of sp³-hybridized carbons (Fsp3) is 0.348. The van der Waals surface area contributed by atoms with Crippen molar-refractivity contribution in [1.29, 1.82) is 0 Å². The van der Waals surface area contributed by atoms with E-state index in [0.29, 0.717) is 40.1 Å². The van der Waals surface area contributed by atoms with E-state index in [1.165, 1.54) is 0 Å². The molecule has 31 heavy (non-hydrogen) atoms. The lowest BCUT2D eigenvalue weighted by atomic mass is 10.1. The molecule has 1 aliphatic carbocycles. The Balaban J connectivity index is 1.57. The highest BCUT2D eigenvalue weighted by molar-refractivity contribution is 7.08. The standard InChI is InChI=1S/C23H25N3O4S/c1-29-19-11-10-17(12-20(19)30-2)18(27)14-26(13-15-8-9-15)23(28)22-21(24-25-31-22)16-6-4-3-5-7-16/h3-7,10-12,15,18,27H,8-9,13-14H2,1-2H3. The first kappa shape index (κ1) is 21.3. The minimum atomic E-state index is -0.858. The van der Waals surface area contributed by atoms with E-state index < -0.39 is 6.10 Å². The van der Waals surface area contributed by atoms with Crippen molar-refractivity contribution in [2.45, 2.75) is 18.9 Å². The Morgan fingerprint density at radius 3 is 2.58 bits per heavy atom. The van der Waals surface area contributed by atoms with Crippen molar-refractivity contribution in [3.63, 3.8) is 0 Å². The Labute approximate surface area is 185 Å². The number of ether oxygens (including phenoxy) is 2. The van der Waals surface area contributed by atoms with Crippen LogP contribution in [-0.4, -0.2) is 52.8 Å². The maximum atomic E-state index is 13.5. The molecular formula is C23H25N3O4S. The summed E-state index contributed by atoms with van der Waals surface area (Å²) in [6.07, 6.45) is 1.34. The molecule has 1 N–H and O–H groups in total. The van der Waals surface area contributed by atoms with Crippen molar-refractivity contribution in [3.05, 3.63) is 59.0 Å². The maximum Gasteiger partial charge on any atom is 0.268 e. The molecule has 1 aromatic heterocycles. The lowest BCUT2D eigenvalue weighted by Gasteiger charge is -2.25. The van der Waals surface area contributed by atoms with Gasteiger partial charge in [-0.3, -0.25) is 4.79 Å². The number of aromatic nitrogens is 2. The predicted molar refractivity (Wildman–Crippen MR) is 118 cm³/mol. The van der Waals surface area contributed by atoms with Crippen LogP contribution in [0.25, 0.3) is 11.3 Å². The quantitative estimate of drug-likeness (QED) is 0.546. The molecule has 162 valence electrons. The van der Waals surface area contributed by atoms with Crippen LogP contribution >= 0.6 is 11.5 Å². The summed E-state index contributed by atoms with van der Waals surface area (Å²) in [5.41, 5.74) is 2.10. The van der Waals surface area contributed by atoms with Gasteiger partial charge in [0, 0.05) is 12.1 Å². The van der Waals surface area contributed by atoms with Gasteiger partial charge in [0.2, 0.25) is 0 Å². The molecule has 4 rings (SSSR count). The second-order valence-corrected chi connectivity index (χ2v) is 8.35. The molecule has 1 aliphatic rings. The summed E-state index contributed by atoms with van der Waals surface area (Å²) >= 11 is 1.09. The van der Waals surface area contributed by atoms with Gasteiger partial charge in [-0.1, -0.05) is 40.9 Å². The fourth-order valence-electron chi connectivity index (χ4n) is 3.49. The number of methoxy groups -OCH3 is 2. The van der Waals surface area contributed by atoms with Gasteiger partial charge in [0.25, 0.3) is 5.91 Å². The molecule has 0 aliphatic heterocycles. The normalized spacial score (nSPS) is 14.2. The molecular weight excluding hydrogens is 414 g/mol. The van der Waals surface area contributed by atoms with Gasteiger partial charge in [-0.25, -0.2) is 0 Å². The molecule has 0 spiro atoms. The Hall–Kier alpha value is -2.97. The van der Waals surface area contributed by atoms with Crippen LogP contribution in [0, 0.1) is 5.92 Å². The lowest BCUT2D eigenvalue weighted by molar-refractivity contribution is 0.0615. The molecule has 1 atom stereocenters. The molecule has 0 radical (unpaired) electrons. The summed E-state index contributed by atoms with van der Waals surface area (Å²) in [4.78, 5) is 15.7. The number of aliphatic hydroxyl groups is 1. The number of carbonyl (C=O) groups is 1. The zero-order valence-corrected chi connectivity index (χ0v) is 18.3. The van der Waals surface area contributed by atoms with Crippen molar-refractivity contribution in [2.75, 3.05) is 27.3 Å². The number of aliphatic hydroxyl groups excluding tert-OH is 1. The van der Waals surface area contributed by atoms with E-state index in [-0.39, 0.29) is 12.5 Å². The van der Waals surface area contributed by atoms with Gasteiger partial charge >= 0.3 is 0 Å². The van der Waals surface area contributed by atoms with Crippen LogP contribution in [0.2, 0.25) is 0 Å². The van der Waals surface area contributed by atoms with E-state index >= 15 is 0 Å². The Kier molecular flexibility index (Phi) is 6.48. The van der Waals surface area contributed by atoms with Crippen molar-refractivity contribution in [3.8, 4) is 22.8 Å². The second kappa shape index (κ2) is 9.45. The van der Waals surface area contributed by atoms with Crippen LogP contribution in [0.5, 0.6) is 11.5 Å². The number of hydrogen-bond acceptors (Lipinski definition) is 7. The summed E-state index contributed by atoms with van der Waals surface area (Å²) in [7, 11) is 3.12. The predicted octanol–water partition coefficient (Wildman–Crippen LogP) is 3.81. The lowest BCUT2D eigenvalue weighted by Crippen LogP contribution is -2.36. The third-order valence-corrected chi connectivity index (χ3v) is 6.09. The van der Waals surface area contributed by atoms with E-state index in [9.17, 15) is 9.90 Å². The van der Waals surface area contributed by atoms with E-state index in [4.69, 9.17) is 9.47 Å². The van der Waals surface area contributed by atoms with E-state index in [0.717, 1.165) is 29.9 Å². The Morgan fingerprint density at radius 1 is 1.16 bits per heavy atom. The van der Waals surface area contributed by atoms with Gasteiger partial charge in [-0.2, -0.15) is 0 Å². The van der Waals surface area contributed by atoms with Crippen molar-refractivity contribution in [1.82, 2.24) is 14.5 Å². The number of hydrogen-bond donors (Lipinski definition) is 1. The average Bonchev–Trinajstić information content (AvgIpc) is 3.49. The molecule has 1 saturated carbocycles. The number of carbonyl (C=O) groups excluding carboxylic acids is 1. The van der Waals surface area contributed by atoms with Crippen LogP contribution in [0.15, 0.2) is 48.5 Å². The summed E-state index contributed by atoms with van der Waals surface area (Å²) in [5, 5.41) is 15.1. The molecule has 1 amide bonds. The number of nitrogens with zero attached hydrogens (tertiary/aromatic N) is 3. The molecule has 1 unspecified atom stereocenters. The third kappa shape index (κ3) is 4.86. The third-order valence-electron chi connectivity index (χ3n) is 5.38.